The summed E-state index contributed by atoms with van der Waals surface area (Å²) >= 11 is 0. The van der Waals surface area contributed by atoms with Gasteiger partial charge in [-0.15, -0.1) is 4.40 Å². The lowest BCUT2D eigenvalue weighted by Crippen LogP contribution is -2.36. The Kier molecular flexibility index (Phi) is 2.37. The summed E-state index contributed by atoms with van der Waals surface area (Å²) < 4.78 is 26.5. The lowest BCUT2D eigenvalue weighted by atomic mass is 10.3. The van der Waals surface area contributed by atoms with Crippen LogP contribution in [-0.2, 0) is 14.8 Å². The van der Waals surface area contributed by atoms with E-state index in [9.17, 15) is 13.2 Å². The van der Waals surface area contributed by atoms with Gasteiger partial charge in [-0.2, -0.15) is 8.42 Å². The Hall–Kier alpha value is -1.93. The smallest absolute Gasteiger partial charge is 0.311 e. The summed E-state index contributed by atoms with van der Waals surface area (Å²) in [5, 5.41) is 10.9. The molecule has 0 saturated heterocycles. The number of hydroxylamine groups is 1. The number of hydrogen-bond acceptors (Lipinski definition) is 5. The van der Waals surface area contributed by atoms with E-state index in [0.717, 1.165) is 0 Å². The van der Waals surface area contributed by atoms with Gasteiger partial charge in [-0.3, -0.25) is 10.0 Å². The molecule has 1 aromatic rings. The quantitative estimate of drug-likeness (QED) is 0.462. The van der Waals surface area contributed by atoms with Crippen LogP contribution in [0.15, 0.2) is 33.6 Å². The first-order chi connectivity index (χ1) is 7.54. The van der Waals surface area contributed by atoms with E-state index >= 15 is 0 Å². The van der Waals surface area contributed by atoms with Gasteiger partial charge in [0.15, 0.2) is 0 Å². The Morgan fingerprint density at radius 2 is 2.06 bits per heavy atom. The third-order valence-corrected chi connectivity index (χ3v) is 3.28. The summed E-state index contributed by atoms with van der Waals surface area (Å²) in [6.45, 7) is 0. The first kappa shape index (κ1) is 10.6. The van der Waals surface area contributed by atoms with Crippen molar-refractivity contribution in [1.82, 2.24) is 5.48 Å². The largest absolute Gasteiger partial charge is 0.334 e. The Bertz CT molecular complexity index is 579. The topological polar surface area (TPSA) is 108 Å². The molecule has 3 N–H and O–H groups in total. The SMILES string of the molecule is O=C(NO)C1=NS(=O)(=O)c2ccccc2N1. The summed E-state index contributed by atoms with van der Waals surface area (Å²) in [5.74, 6) is -1.49. The van der Waals surface area contributed by atoms with Crippen LogP contribution in [0.3, 0.4) is 0 Å². The van der Waals surface area contributed by atoms with Crippen molar-refractivity contribution in [3.8, 4) is 0 Å². The molecule has 84 valence electrons. The van der Waals surface area contributed by atoms with E-state index in [0.29, 0.717) is 0 Å². The molecule has 1 heterocycles. The van der Waals surface area contributed by atoms with Gasteiger partial charge in [0, 0.05) is 0 Å². The molecule has 7 nitrogen and oxygen atoms in total. The maximum absolute atomic E-state index is 11.6. The van der Waals surface area contributed by atoms with E-state index in [-0.39, 0.29) is 10.6 Å². The summed E-state index contributed by atoms with van der Waals surface area (Å²) in [5.41, 5.74) is 1.55. The van der Waals surface area contributed by atoms with E-state index < -0.39 is 21.8 Å². The maximum Gasteiger partial charge on any atom is 0.311 e. The highest BCUT2D eigenvalue weighted by Crippen LogP contribution is 2.26. The van der Waals surface area contributed by atoms with Crippen LogP contribution in [0.4, 0.5) is 5.69 Å². The standard InChI is InChI=1S/C8H7N3O4S/c12-8(10-13)7-9-5-3-1-2-4-6(5)16(14,15)11-7/h1-4,13H,(H,9,11)(H,10,12). The number of nitrogens with one attached hydrogen (secondary N) is 2. The van der Waals surface area contributed by atoms with Crippen molar-refractivity contribution in [2.75, 3.05) is 5.32 Å². The van der Waals surface area contributed by atoms with Crippen LogP contribution in [-0.4, -0.2) is 25.4 Å². The average Bonchev–Trinajstić information content (AvgIpc) is 2.27. The molecule has 0 radical (unpaired) electrons. The normalized spacial score (nSPS) is 16.7. The molecule has 16 heavy (non-hydrogen) atoms. The first-order valence-corrected chi connectivity index (χ1v) is 5.64. The van der Waals surface area contributed by atoms with Crippen LogP contribution in [0.1, 0.15) is 0 Å². The molecule has 0 fully saturated rings. The number of anilines is 1. The van der Waals surface area contributed by atoms with Crippen LogP contribution in [0, 0.1) is 0 Å². The van der Waals surface area contributed by atoms with Gasteiger partial charge < -0.3 is 5.32 Å². The van der Waals surface area contributed by atoms with Gasteiger partial charge in [0.05, 0.1) is 5.69 Å². The van der Waals surface area contributed by atoms with Gasteiger partial charge in [-0.1, -0.05) is 12.1 Å². The number of rotatable bonds is 1. The second kappa shape index (κ2) is 3.58. The summed E-state index contributed by atoms with van der Waals surface area (Å²) in [7, 11) is -3.89. The third-order valence-electron chi connectivity index (χ3n) is 1.95. The fourth-order valence-corrected chi connectivity index (χ4v) is 2.38. The predicted molar refractivity (Wildman–Crippen MR) is 54.6 cm³/mol. The molecule has 0 bridgehead atoms. The lowest BCUT2D eigenvalue weighted by Gasteiger charge is -2.16. The van der Waals surface area contributed by atoms with E-state index in [2.05, 4.69) is 9.71 Å². The molecule has 1 aromatic carbocycles. The van der Waals surface area contributed by atoms with Crippen molar-refractivity contribution < 1.29 is 18.4 Å². The molecular weight excluding hydrogens is 234 g/mol. The van der Waals surface area contributed by atoms with Gasteiger partial charge in [0.1, 0.15) is 4.90 Å². The minimum Gasteiger partial charge on any atom is -0.334 e. The number of amidine groups is 1. The van der Waals surface area contributed by atoms with Gasteiger partial charge in [-0.05, 0) is 12.1 Å². The zero-order chi connectivity index (χ0) is 11.8. The second-order valence-electron chi connectivity index (χ2n) is 2.98. The zero-order valence-corrected chi connectivity index (χ0v) is 8.65. The average molecular weight is 241 g/mol. The molecule has 2 rings (SSSR count). The maximum atomic E-state index is 11.6. The van der Waals surface area contributed by atoms with E-state index in [1.165, 1.54) is 17.6 Å². The number of carbonyl (C=O) groups is 1. The first-order valence-electron chi connectivity index (χ1n) is 4.20. The second-order valence-corrected chi connectivity index (χ2v) is 4.55. The fourth-order valence-electron chi connectivity index (χ4n) is 1.27. The van der Waals surface area contributed by atoms with E-state index in [4.69, 9.17) is 5.21 Å². The number of benzene rings is 1. The number of hydrogen-bond donors (Lipinski definition) is 3. The summed E-state index contributed by atoms with van der Waals surface area (Å²) in [6, 6.07) is 6.02. The Labute approximate surface area is 90.8 Å². The van der Waals surface area contributed by atoms with Crippen molar-refractivity contribution in [3.63, 3.8) is 0 Å². The highest BCUT2D eigenvalue weighted by Gasteiger charge is 2.27. The number of fused-ring (bicyclic) bond motifs is 1. The number of carbonyl (C=O) groups excluding carboxylic acids is 1. The molecule has 0 aromatic heterocycles. The molecule has 8 heteroatoms. The molecule has 0 unspecified atom stereocenters. The van der Waals surface area contributed by atoms with Gasteiger partial charge in [-0.25, -0.2) is 5.48 Å². The zero-order valence-electron chi connectivity index (χ0n) is 7.84. The van der Waals surface area contributed by atoms with Crippen molar-refractivity contribution in [1.29, 1.82) is 0 Å². The number of para-hydroxylation sites is 1. The van der Waals surface area contributed by atoms with Crippen molar-refractivity contribution in [3.05, 3.63) is 24.3 Å². The minimum atomic E-state index is -3.89. The molecule has 0 spiro atoms. The van der Waals surface area contributed by atoms with Crippen molar-refractivity contribution in [2.45, 2.75) is 4.90 Å². The molecule has 1 amide bonds. The summed E-state index contributed by atoms with van der Waals surface area (Å²) in [4.78, 5) is 11.0. The van der Waals surface area contributed by atoms with Crippen LogP contribution in [0.25, 0.3) is 0 Å². The van der Waals surface area contributed by atoms with Crippen LogP contribution < -0.4 is 10.8 Å². The molecule has 0 saturated carbocycles. The highest BCUT2D eigenvalue weighted by molar-refractivity contribution is 7.90. The highest BCUT2D eigenvalue weighted by atomic mass is 32.2. The van der Waals surface area contributed by atoms with E-state index in [1.54, 1.807) is 12.1 Å². The number of sulfonamides is 1. The fraction of sp³-hybridized carbons (Fsp3) is 0. The Balaban J connectivity index is 2.56. The molecule has 0 atom stereocenters. The Morgan fingerprint density at radius 3 is 2.75 bits per heavy atom. The number of nitrogens with zero attached hydrogens (tertiary/aromatic N) is 1. The molecular formula is C8H7N3O4S. The van der Waals surface area contributed by atoms with Crippen molar-refractivity contribution in [2.24, 2.45) is 4.40 Å². The van der Waals surface area contributed by atoms with Gasteiger partial charge >= 0.3 is 5.91 Å². The molecule has 1 aliphatic heterocycles. The predicted octanol–water partition coefficient (Wildman–Crippen LogP) is -0.295. The monoisotopic (exact) mass is 241 g/mol. The van der Waals surface area contributed by atoms with Gasteiger partial charge in [0.2, 0.25) is 5.84 Å². The lowest BCUT2D eigenvalue weighted by molar-refractivity contribution is -0.122. The van der Waals surface area contributed by atoms with Crippen molar-refractivity contribution >= 4 is 27.5 Å². The third kappa shape index (κ3) is 1.64. The van der Waals surface area contributed by atoms with E-state index in [1.807, 2.05) is 0 Å². The number of amides is 1. The van der Waals surface area contributed by atoms with Gasteiger partial charge in [0.25, 0.3) is 10.0 Å². The molecule has 1 aliphatic rings. The van der Waals surface area contributed by atoms with Crippen LogP contribution in [0.2, 0.25) is 0 Å². The molecule has 0 aliphatic carbocycles. The van der Waals surface area contributed by atoms with Crippen LogP contribution in [0.5, 0.6) is 0 Å². The Morgan fingerprint density at radius 1 is 1.38 bits per heavy atom. The summed E-state index contributed by atoms with van der Waals surface area (Å²) in [6.07, 6.45) is 0. The minimum absolute atomic E-state index is 0.00973. The van der Waals surface area contributed by atoms with Crippen LogP contribution >= 0.6 is 0 Å².